The van der Waals surface area contributed by atoms with Gasteiger partial charge >= 0.3 is 0 Å². The first-order valence-corrected chi connectivity index (χ1v) is 10.7. The molecule has 0 unspecified atom stereocenters. The highest BCUT2D eigenvalue weighted by Crippen LogP contribution is 2.25. The summed E-state index contributed by atoms with van der Waals surface area (Å²) in [6.45, 7) is 8.63. The first-order valence-electron chi connectivity index (χ1n) is 10.3. The minimum Gasteiger partial charge on any atom is -0.339 e. The Bertz CT molecular complexity index is 985. The topological polar surface area (TPSA) is 59.2 Å². The summed E-state index contributed by atoms with van der Waals surface area (Å²) in [5.41, 5.74) is 2.92. The van der Waals surface area contributed by atoms with Crippen LogP contribution in [0.15, 0.2) is 53.1 Å². The number of hydrogen-bond donors (Lipinski definition) is 0. The van der Waals surface area contributed by atoms with Gasteiger partial charge in [-0.2, -0.15) is 4.98 Å². The molecule has 0 fully saturated rings. The van der Waals surface area contributed by atoms with Crippen molar-refractivity contribution in [3.05, 3.63) is 70.6 Å². The lowest BCUT2D eigenvalue weighted by atomic mass is 10.0. The molecule has 3 aromatic rings. The van der Waals surface area contributed by atoms with E-state index in [2.05, 4.69) is 30.9 Å². The average Bonchev–Trinajstić information content (AvgIpc) is 3.19. The monoisotopic (exact) mass is 425 g/mol. The molecule has 1 heterocycles. The van der Waals surface area contributed by atoms with Crippen LogP contribution in [0.3, 0.4) is 0 Å². The number of benzene rings is 2. The van der Waals surface area contributed by atoms with E-state index >= 15 is 0 Å². The third-order valence-corrected chi connectivity index (χ3v) is 5.52. The van der Waals surface area contributed by atoms with Crippen molar-refractivity contribution in [3.63, 3.8) is 0 Å². The van der Waals surface area contributed by atoms with Crippen molar-refractivity contribution >= 4 is 17.5 Å². The first kappa shape index (κ1) is 22.0. The highest BCUT2D eigenvalue weighted by molar-refractivity contribution is 6.31. The van der Waals surface area contributed by atoms with E-state index in [-0.39, 0.29) is 11.9 Å². The summed E-state index contributed by atoms with van der Waals surface area (Å²) in [6, 6.07) is 15.7. The molecule has 0 saturated carbocycles. The third-order valence-electron chi connectivity index (χ3n) is 5.12. The molecule has 158 valence electrons. The number of amides is 1. The number of carbonyl (C=O) groups excluding carboxylic acids is 1. The van der Waals surface area contributed by atoms with Gasteiger partial charge in [0.15, 0.2) is 0 Å². The van der Waals surface area contributed by atoms with Crippen LogP contribution in [0.4, 0.5) is 0 Å². The molecule has 0 aliphatic carbocycles. The molecule has 0 saturated heterocycles. The second-order valence-electron chi connectivity index (χ2n) is 8.00. The maximum Gasteiger partial charge on any atom is 0.228 e. The van der Waals surface area contributed by atoms with E-state index in [9.17, 15) is 4.79 Å². The summed E-state index contributed by atoms with van der Waals surface area (Å²) >= 11 is 6.21. The Balaban J connectivity index is 1.74. The van der Waals surface area contributed by atoms with Crippen LogP contribution in [-0.2, 0) is 11.2 Å². The van der Waals surface area contributed by atoms with E-state index in [0.717, 1.165) is 16.7 Å². The highest BCUT2D eigenvalue weighted by atomic mass is 35.5. The summed E-state index contributed by atoms with van der Waals surface area (Å²) in [5.74, 6) is 1.43. The average molecular weight is 426 g/mol. The lowest BCUT2D eigenvalue weighted by Crippen LogP contribution is -2.36. The van der Waals surface area contributed by atoms with Gasteiger partial charge in [-0.25, -0.2) is 0 Å². The summed E-state index contributed by atoms with van der Waals surface area (Å²) in [6.07, 6.45) is 1.00. The normalized spacial score (nSPS) is 12.2. The van der Waals surface area contributed by atoms with Crippen molar-refractivity contribution in [2.24, 2.45) is 5.92 Å². The Kier molecular flexibility index (Phi) is 7.27. The maximum absolute atomic E-state index is 12.9. The van der Waals surface area contributed by atoms with Crippen LogP contribution < -0.4 is 0 Å². The molecule has 2 aromatic carbocycles. The molecule has 1 aromatic heterocycles. The van der Waals surface area contributed by atoms with Gasteiger partial charge < -0.3 is 9.42 Å². The van der Waals surface area contributed by atoms with Crippen LogP contribution in [-0.4, -0.2) is 27.5 Å². The van der Waals surface area contributed by atoms with Gasteiger partial charge in [-0.05, 0) is 37.0 Å². The zero-order valence-electron chi connectivity index (χ0n) is 17.9. The van der Waals surface area contributed by atoms with E-state index in [1.54, 1.807) is 0 Å². The Labute approximate surface area is 183 Å². The van der Waals surface area contributed by atoms with Gasteiger partial charge in [0.1, 0.15) is 0 Å². The number of carbonyl (C=O) groups is 1. The summed E-state index contributed by atoms with van der Waals surface area (Å²) in [5, 5.41) is 4.75. The van der Waals surface area contributed by atoms with E-state index < -0.39 is 0 Å². The molecule has 3 rings (SSSR count). The van der Waals surface area contributed by atoms with Gasteiger partial charge in [0.2, 0.25) is 17.6 Å². The predicted octanol–water partition coefficient (Wildman–Crippen LogP) is 5.88. The first-order chi connectivity index (χ1) is 14.3. The van der Waals surface area contributed by atoms with Gasteiger partial charge in [-0.1, -0.05) is 73.1 Å². The molecule has 0 aliphatic heterocycles. The number of halogens is 1. The summed E-state index contributed by atoms with van der Waals surface area (Å²) in [4.78, 5) is 19.3. The van der Waals surface area contributed by atoms with Gasteiger partial charge in [0.25, 0.3) is 0 Å². The standard InChI is InChI=1S/C24H28ClN3O2/c1-16(2)14-23(29)28(18(4)19-8-6-5-7-9-19)13-12-22-26-24(27-30-22)20-11-10-17(3)21(25)15-20/h5-11,15-16,18H,12-14H2,1-4H3/t18-/m0/s1. The number of nitrogens with zero attached hydrogens (tertiary/aromatic N) is 3. The minimum absolute atomic E-state index is 0.0317. The molecule has 0 N–H and O–H groups in total. The van der Waals surface area contributed by atoms with Crippen molar-refractivity contribution in [2.45, 2.75) is 46.6 Å². The van der Waals surface area contributed by atoms with Crippen molar-refractivity contribution in [3.8, 4) is 11.4 Å². The fraction of sp³-hybridized carbons (Fsp3) is 0.375. The zero-order valence-corrected chi connectivity index (χ0v) is 18.7. The van der Waals surface area contributed by atoms with Crippen LogP contribution in [0, 0.1) is 12.8 Å². The number of rotatable bonds is 8. The van der Waals surface area contributed by atoms with Gasteiger partial charge in [0, 0.05) is 30.0 Å². The van der Waals surface area contributed by atoms with Crippen molar-refractivity contribution < 1.29 is 9.32 Å². The molecular weight excluding hydrogens is 398 g/mol. The van der Waals surface area contributed by atoms with E-state index in [0.29, 0.717) is 42.0 Å². The van der Waals surface area contributed by atoms with Crippen LogP contribution in [0.2, 0.25) is 5.02 Å². The SMILES string of the molecule is Cc1ccc(-c2noc(CCN(C(=O)CC(C)C)[C@@H](C)c3ccccc3)n2)cc1Cl. The quantitative estimate of drug-likeness (QED) is 0.452. The molecule has 0 spiro atoms. The number of aryl methyl sites for hydroxylation is 1. The molecule has 1 atom stereocenters. The molecule has 0 aliphatic rings. The number of hydrogen-bond acceptors (Lipinski definition) is 4. The molecule has 5 nitrogen and oxygen atoms in total. The zero-order chi connectivity index (χ0) is 21.7. The van der Waals surface area contributed by atoms with Crippen LogP contribution >= 0.6 is 11.6 Å². The lowest BCUT2D eigenvalue weighted by Gasteiger charge is -2.30. The summed E-state index contributed by atoms with van der Waals surface area (Å²) in [7, 11) is 0. The van der Waals surface area contributed by atoms with E-state index in [1.807, 2.05) is 60.4 Å². The van der Waals surface area contributed by atoms with Crippen molar-refractivity contribution in [1.82, 2.24) is 15.0 Å². The molecular formula is C24H28ClN3O2. The number of aromatic nitrogens is 2. The molecule has 0 radical (unpaired) electrons. The van der Waals surface area contributed by atoms with Gasteiger partial charge in [0.05, 0.1) is 6.04 Å². The highest BCUT2D eigenvalue weighted by Gasteiger charge is 2.23. The Hall–Kier alpha value is -2.66. The Morgan fingerprint density at radius 2 is 1.87 bits per heavy atom. The fourth-order valence-corrected chi connectivity index (χ4v) is 3.51. The smallest absolute Gasteiger partial charge is 0.228 e. The largest absolute Gasteiger partial charge is 0.339 e. The molecule has 0 bridgehead atoms. The maximum atomic E-state index is 12.9. The molecule has 1 amide bonds. The van der Waals surface area contributed by atoms with E-state index in [4.69, 9.17) is 16.1 Å². The third kappa shape index (κ3) is 5.48. The van der Waals surface area contributed by atoms with Crippen LogP contribution in [0.25, 0.3) is 11.4 Å². The molecule has 6 heteroatoms. The fourth-order valence-electron chi connectivity index (χ4n) is 3.33. The van der Waals surface area contributed by atoms with Crippen LogP contribution in [0.1, 0.15) is 50.3 Å². The summed E-state index contributed by atoms with van der Waals surface area (Å²) < 4.78 is 5.44. The van der Waals surface area contributed by atoms with Crippen molar-refractivity contribution in [2.75, 3.05) is 6.54 Å². The molecule has 30 heavy (non-hydrogen) atoms. The van der Waals surface area contributed by atoms with Crippen LogP contribution in [0.5, 0.6) is 0 Å². The van der Waals surface area contributed by atoms with Gasteiger partial charge in [-0.3, -0.25) is 4.79 Å². The second kappa shape index (κ2) is 9.90. The Morgan fingerprint density at radius 3 is 2.53 bits per heavy atom. The van der Waals surface area contributed by atoms with Crippen molar-refractivity contribution in [1.29, 1.82) is 0 Å². The predicted molar refractivity (Wildman–Crippen MR) is 119 cm³/mol. The lowest BCUT2D eigenvalue weighted by molar-refractivity contribution is -0.134. The second-order valence-corrected chi connectivity index (χ2v) is 8.40. The van der Waals surface area contributed by atoms with E-state index in [1.165, 1.54) is 0 Å². The minimum atomic E-state index is -0.0317. The van der Waals surface area contributed by atoms with Gasteiger partial charge in [-0.15, -0.1) is 0 Å². The Morgan fingerprint density at radius 1 is 1.13 bits per heavy atom.